The summed E-state index contributed by atoms with van der Waals surface area (Å²) < 4.78 is 0.853. The van der Waals surface area contributed by atoms with Crippen molar-refractivity contribution < 1.29 is 19.8 Å². The Balaban J connectivity index is 1.93. The summed E-state index contributed by atoms with van der Waals surface area (Å²) in [6.07, 6.45) is 0. The van der Waals surface area contributed by atoms with Gasteiger partial charge in [-0.15, -0.1) is 0 Å². The topological polar surface area (TPSA) is 77.8 Å². The molecule has 150 valence electrons. The monoisotopic (exact) mass is 463 g/mol. The molecule has 1 fully saturated rings. The normalized spacial score (nSPS) is 18.1. The van der Waals surface area contributed by atoms with E-state index in [1.165, 1.54) is 17.0 Å². The minimum atomic E-state index is -0.802. The number of carbonyl (C=O) groups is 2. The molecule has 5 nitrogen and oxygen atoms in total. The van der Waals surface area contributed by atoms with E-state index in [1.807, 2.05) is 31.2 Å². The summed E-state index contributed by atoms with van der Waals surface area (Å²) in [5, 5.41) is 20.6. The zero-order valence-electron chi connectivity index (χ0n) is 16.0. The second-order valence-corrected chi connectivity index (χ2v) is 8.02. The van der Waals surface area contributed by atoms with Crippen molar-refractivity contribution in [2.75, 3.05) is 4.90 Å². The molecule has 0 bridgehead atoms. The van der Waals surface area contributed by atoms with Crippen molar-refractivity contribution in [1.82, 2.24) is 0 Å². The molecule has 1 heterocycles. The molecule has 4 rings (SSSR count). The average Bonchev–Trinajstić information content (AvgIpc) is 3.00. The van der Waals surface area contributed by atoms with Crippen molar-refractivity contribution in [1.29, 1.82) is 0 Å². The lowest BCUT2D eigenvalue weighted by molar-refractivity contribution is -0.132. The predicted octanol–water partition coefficient (Wildman–Crippen LogP) is 5.09. The van der Waals surface area contributed by atoms with Crippen LogP contribution in [0.5, 0.6) is 5.75 Å². The third kappa shape index (κ3) is 3.50. The average molecular weight is 464 g/mol. The van der Waals surface area contributed by atoms with Crippen LogP contribution in [0.3, 0.4) is 0 Å². The van der Waals surface area contributed by atoms with Crippen molar-refractivity contribution in [2.45, 2.75) is 13.0 Å². The van der Waals surface area contributed by atoms with E-state index in [4.69, 9.17) is 0 Å². The number of hydrogen-bond acceptors (Lipinski definition) is 4. The molecule has 30 heavy (non-hydrogen) atoms. The van der Waals surface area contributed by atoms with Crippen LogP contribution in [0.4, 0.5) is 5.69 Å². The summed E-state index contributed by atoms with van der Waals surface area (Å²) in [5.41, 5.74) is 2.64. The molecule has 0 saturated carbocycles. The molecular formula is C24H18BrNO4. The number of ketones is 1. The molecule has 0 radical (unpaired) electrons. The van der Waals surface area contributed by atoms with Crippen LogP contribution in [0.1, 0.15) is 22.7 Å². The Morgan fingerprint density at radius 2 is 1.50 bits per heavy atom. The highest BCUT2D eigenvalue weighted by Gasteiger charge is 2.46. The second-order valence-electron chi connectivity index (χ2n) is 7.10. The molecule has 6 heteroatoms. The number of amides is 1. The van der Waals surface area contributed by atoms with Crippen LogP contribution in [0.25, 0.3) is 5.76 Å². The van der Waals surface area contributed by atoms with Crippen molar-refractivity contribution in [2.24, 2.45) is 0 Å². The van der Waals surface area contributed by atoms with Crippen molar-refractivity contribution in [3.8, 4) is 5.75 Å². The maximum Gasteiger partial charge on any atom is 0.300 e. The summed E-state index contributed by atoms with van der Waals surface area (Å²) in [6, 6.07) is 19.6. The lowest BCUT2D eigenvalue weighted by atomic mass is 9.95. The molecule has 1 aliphatic heterocycles. The molecule has 0 unspecified atom stereocenters. The number of phenolic OH excluding ortho intramolecular Hbond substituents is 1. The van der Waals surface area contributed by atoms with Gasteiger partial charge in [-0.3, -0.25) is 14.5 Å². The fourth-order valence-electron chi connectivity index (χ4n) is 3.54. The molecule has 1 amide bonds. The number of aromatic hydroxyl groups is 1. The van der Waals surface area contributed by atoms with Crippen LogP contribution in [-0.2, 0) is 9.59 Å². The van der Waals surface area contributed by atoms with Gasteiger partial charge in [-0.1, -0.05) is 57.9 Å². The third-order valence-electron chi connectivity index (χ3n) is 5.08. The number of aryl methyl sites for hydroxylation is 1. The first-order valence-electron chi connectivity index (χ1n) is 9.29. The highest BCUT2D eigenvalue weighted by molar-refractivity contribution is 9.10. The fourth-order valence-corrected chi connectivity index (χ4v) is 3.80. The molecule has 0 aliphatic carbocycles. The van der Waals surface area contributed by atoms with Gasteiger partial charge in [0.15, 0.2) is 0 Å². The fraction of sp³-hybridized carbons (Fsp3) is 0.0833. The van der Waals surface area contributed by atoms with Gasteiger partial charge in [-0.25, -0.2) is 0 Å². The van der Waals surface area contributed by atoms with E-state index in [0.29, 0.717) is 16.8 Å². The summed E-state index contributed by atoms with van der Waals surface area (Å²) in [6.45, 7) is 1.93. The first kappa shape index (κ1) is 19.9. The SMILES string of the molecule is Cc1ccc(C(O)=C2C(=O)C(=O)N(c3ccc(O)cc3)[C@H]2c2ccc(Br)cc2)cc1. The van der Waals surface area contributed by atoms with Gasteiger partial charge in [0.25, 0.3) is 11.7 Å². The van der Waals surface area contributed by atoms with Gasteiger partial charge < -0.3 is 10.2 Å². The number of benzene rings is 3. The Labute approximate surface area is 182 Å². The third-order valence-corrected chi connectivity index (χ3v) is 5.61. The number of Topliss-reactive ketones (excluding diaryl/α,β-unsaturated/α-hetero) is 1. The quantitative estimate of drug-likeness (QED) is 0.322. The Bertz CT molecular complexity index is 1150. The van der Waals surface area contributed by atoms with E-state index in [0.717, 1.165) is 10.0 Å². The maximum absolute atomic E-state index is 13.0. The number of anilines is 1. The number of aliphatic hydroxyl groups is 1. The van der Waals surface area contributed by atoms with Gasteiger partial charge in [0.05, 0.1) is 11.6 Å². The van der Waals surface area contributed by atoms with Crippen LogP contribution in [-0.4, -0.2) is 21.9 Å². The van der Waals surface area contributed by atoms with E-state index in [-0.39, 0.29) is 17.1 Å². The van der Waals surface area contributed by atoms with E-state index >= 15 is 0 Å². The predicted molar refractivity (Wildman–Crippen MR) is 118 cm³/mol. The molecule has 1 atom stereocenters. The van der Waals surface area contributed by atoms with E-state index < -0.39 is 17.7 Å². The van der Waals surface area contributed by atoms with Crippen LogP contribution >= 0.6 is 15.9 Å². The summed E-state index contributed by atoms with van der Waals surface area (Å²) >= 11 is 3.40. The molecule has 1 saturated heterocycles. The van der Waals surface area contributed by atoms with Crippen LogP contribution in [0, 0.1) is 6.92 Å². The number of aliphatic hydroxyl groups excluding tert-OH is 1. The molecular weight excluding hydrogens is 446 g/mol. The highest BCUT2D eigenvalue weighted by atomic mass is 79.9. The number of phenols is 1. The lowest BCUT2D eigenvalue weighted by Crippen LogP contribution is -2.29. The molecule has 2 N–H and O–H groups in total. The number of hydrogen-bond donors (Lipinski definition) is 2. The number of halogens is 1. The van der Waals surface area contributed by atoms with E-state index in [9.17, 15) is 19.8 Å². The van der Waals surface area contributed by atoms with Crippen LogP contribution < -0.4 is 4.90 Å². The second kappa shape index (κ2) is 7.80. The van der Waals surface area contributed by atoms with Gasteiger partial charge in [-0.2, -0.15) is 0 Å². The van der Waals surface area contributed by atoms with Crippen LogP contribution in [0.2, 0.25) is 0 Å². The summed E-state index contributed by atoms with van der Waals surface area (Å²) in [7, 11) is 0. The summed E-state index contributed by atoms with van der Waals surface area (Å²) in [5.74, 6) is -1.66. The standard InChI is InChI=1S/C24H18BrNO4/c1-14-2-4-16(5-3-14)22(28)20-21(15-6-8-17(25)9-7-15)26(24(30)23(20)29)18-10-12-19(27)13-11-18/h2-13,21,27-28H,1H3/t21-/m0/s1. The minimum absolute atomic E-state index is 0.0271. The van der Waals surface area contributed by atoms with Crippen LogP contribution in [0.15, 0.2) is 82.8 Å². The van der Waals surface area contributed by atoms with Crippen molar-refractivity contribution in [3.63, 3.8) is 0 Å². The van der Waals surface area contributed by atoms with E-state index in [1.54, 1.807) is 36.4 Å². The van der Waals surface area contributed by atoms with Gasteiger partial charge >= 0.3 is 0 Å². The molecule has 0 spiro atoms. The van der Waals surface area contributed by atoms with Crippen molar-refractivity contribution >= 4 is 39.1 Å². The Morgan fingerprint density at radius 1 is 0.900 bits per heavy atom. The molecule has 0 aromatic heterocycles. The van der Waals surface area contributed by atoms with E-state index in [2.05, 4.69) is 15.9 Å². The first-order chi connectivity index (χ1) is 14.4. The maximum atomic E-state index is 13.0. The van der Waals surface area contributed by atoms with Gasteiger partial charge in [0.1, 0.15) is 11.5 Å². The molecule has 3 aromatic rings. The zero-order chi connectivity index (χ0) is 21.4. The lowest BCUT2D eigenvalue weighted by Gasteiger charge is -2.25. The highest BCUT2D eigenvalue weighted by Crippen LogP contribution is 2.42. The van der Waals surface area contributed by atoms with Gasteiger partial charge in [0, 0.05) is 15.7 Å². The van der Waals surface area contributed by atoms with Gasteiger partial charge in [0.2, 0.25) is 0 Å². The largest absolute Gasteiger partial charge is 0.508 e. The van der Waals surface area contributed by atoms with Crippen molar-refractivity contribution in [3.05, 3.63) is 99.5 Å². The Hall–Kier alpha value is -3.38. The Morgan fingerprint density at radius 3 is 2.10 bits per heavy atom. The Kier molecular flexibility index (Phi) is 5.18. The number of carbonyl (C=O) groups excluding carboxylic acids is 2. The first-order valence-corrected chi connectivity index (χ1v) is 10.1. The number of rotatable bonds is 3. The number of nitrogens with zero attached hydrogens (tertiary/aromatic N) is 1. The summed E-state index contributed by atoms with van der Waals surface area (Å²) in [4.78, 5) is 27.4. The minimum Gasteiger partial charge on any atom is -0.508 e. The molecule has 1 aliphatic rings. The zero-order valence-corrected chi connectivity index (χ0v) is 17.6. The molecule has 3 aromatic carbocycles. The van der Waals surface area contributed by atoms with Gasteiger partial charge in [-0.05, 0) is 48.9 Å². The smallest absolute Gasteiger partial charge is 0.300 e.